The second-order valence-electron chi connectivity index (χ2n) is 7.10. The molecule has 1 N–H and O–H groups in total. The largest absolute Gasteiger partial charge is 0.335 e. The Morgan fingerprint density at radius 2 is 1.29 bits per heavy atom. The van der Waals surface area contributed by atoms with Crippen LogP contribution in [0.15, 0.2) is 66.0 Å². The zero-order chi connectivity index (χ0) is 21.8. The second-order valence-corrected chi connectivity index (χ2v) is 8.48. The van der Waals surface area contributed by atoms with Crippen molar-refractivity contribution in [1.82, 2.24) is 9.80 Å². The van der Waals surface area contributed by atoms with E-state index in [-0.39, 0.29) is 17.7 Å². The molecule has 1 aliphatic heterocycles. The third-order valence-electron chi connectivity index (χ3n) is 5.08. The molecule has 1 saturated heterocycles. The summed E-state index contributed by atoms with van der Waals surface area (Å²) >= 11 is 7.25. The van der Waals surface area contributed by atoms with Gasteiger partial charge in [-0.25, -0.2) is 0 Å². The Morgan fingerprint density at radius 1 is 0.774 bits per heavy atom. The molecule has 3 amide bonds. The van der Waals surface area contributed by atoms with Crippen LogP contribution in [0.1, 0.15) is 30.4 Å². The van der Waals surface area contributed by atoms with E-state index in [2.05, 4.69) is 5.32 Å². The first kappa shape index (κ1) is 21.1. The number of halogens is 1. The Kier molecular flexibility index (Phi) is 6.34. The normalized spacial score (nSPS) is 13.7. The summed E-state index contributed by atoms with van der Waals surface area (Å²) < 4.78 is 0. The Morgan fingerprint density at radius 3 is 1.77 bits per heavy atom. The molecule has 1 aliphatic rings. The van der Waals surface area contributed by atoms with Crippen LogP contribution < -0.4 is 5.32 Å². The van der Waals surface area contributed by atoms with Crippen molar-refractivity contribution in [2.75, 3.05) is 31.5 Å². The van der Waals surface area contributed by atoms with Crippen molar-refractivity contribution in [3.8, 4) is 0 Å². The molecule has 0 spiro atoms. The van der Waals surface area contributed by atoms with Gasteiger partial charge in [0, 0.05) is 48.0 Å². The van der Waals surface area contributed by atoms with Gasteiger partial charge in [-0.3, -0.25) is 14.4 Å². The molecule has 4 rings (SSSR count). The van der Waals surface area contributed by atoms with Gasteiger partial charge in [-0.05, 0) is 60.0 Å². The molecule has 3 aromatic rings. The predicted octanol–water partition coefficient (Wildman–Crippen LogP) is 4.25. The number of anilines is 1. The topological polar surface area (TPSA) is 69.7 Å². The number of hydrogen-bond donors (Lipinski definition) is 1. The average Bonchev–Trinajstić information content (AvgIpc) is 3.35. The molecular weight excluding hydrogens is 434 g/mol. The first-order valence-corrected chi connectivity index (χ1v) is 11.1. The van der Waals surface area contributed by atoms with Crippen LogP contribution in [-0.2, 0) is 0 Å². The molecule has 0 bridgehead atoms. The molecule has 0 radical (unpaired) electrons. The number of carbonyl (C=O) groups excluding carboxylic acids is 3. The van der Waals surface area contributed by atoms with Crippen molar-refractivity contribution < 1.29 is 14.4 Å². The van der Waals surface area contributed by atoms with Crippen LogP contribution in [0.2, 0.25) is 5.02 Å². The van der Waals surface area contributed by atoms with E-state index in [9.17, 15) is 14.4 Å². The van der Waals surface area contributed by atoms with E-state index >= 15 is 0 Å². The molecule has 1 fully saturated rings. The van der Waals surface area contributed by atoms with Crippen LogP contribution in [0.3, 0.4) is 0 Å². The summed E-state index contributed by atoms with van der Waals surface area (Å²) in [7, 11) is 0. The maximum atomic E-state index is 12.8. The van der Waals surface area contributed by atoms with Crippen molar-refractivity contribution in [3.05, 3.63) is 87.1 Å². The Bertz CT molecular complexity index is 1070. The molecule has 0 saturated carbocycles. The summed E-state index contributed by atoms with van der Waals surface area (Å²) in [5.74, 6) is -0.320. The minimum atomic E-state index is -0.171. The highest BCUT2D eigenvalue weighted by Crippen LogP contribution is 2.17. The first-order chi connectivity index (χ1) is 15.0. The van der Waals surface area contributed by atoms with Crippen LogP contribution in [0.4, 0.5) is 5.69 Å². The van der Waals surface area contributed by atoms with Gasteiger partial charge in [0.2, 0.25) is 0 Å². The number of rotatable bonds is 4. The van der Waals surface area contributed by atoms with Crippen molar-refractivity contribution in [2.24, 2.45) is 0 Å². The molecule has 158 valence electrons. The number of carbonyl (C=O) groups is 3. The monoisotopic (exact) mass is 453 g/mol. The number of benzene rings is 2. The third kappa shape index (κ3) is 4.95. The first-order valence-electron chi connectivity index (χ1n) is 9.80. The molecule has 31 heavy (non-hydrogen) atoms. The second kappa shape index (κ2) is 9.32. The van der Waals surface area contributed by atoms with Gasteiger partial charge in [0.25, 0.3) is 17.7 Å². The van der Waals surface area contributed by atoms with E-state index in [0.717, 1.165) is 0 Å². The molecule has 8 heteroatoms. The zero-order valence-corrected chi connectivity index (χ0v) is 18.2. The summed E-state index contributed by atoms with van der Waals surface area (Å²) in [5.41, 5.74) is 1.77. The van der Waals surface area contributed by atoms with E-state index in [0.29, 0.717) is 52.9 Å². The number of thiophene rings is 1. The standard InChI is InChI=1S/C23H20ClN3O3S/c24-18-7-3-16(4-8-18)22(29)26-11-13-27(14-12-26)23(30)17-5-9-19(10-6-17)25-21(28)20-2-1-15-31-20/h1-10,15H,11-14H2,(H,25,28). The number of nitrogens with one attached hydrogen (secondary N) is 1. The van der Waals surface area contributed by atoms with Crippen LogP contribution in [-0.4, -0.2) is 53.7 Å². The van der Waals surface area contributed by atoms with Crippen LogP contribution in [0, 0.1) is 0 Å². The van der Waals surface area contributed by atoms with E-state index in [1.807, 2.05) is 11.4 Å². The summed E-state index contributed by atoms with van der Waals surface area (Å²) in [6.45, 7) is 1.88. The average molecular weight is 454 g/mol. The van der Waals surface area contributed by atoms with Gasteiger partial charge in [0.05, 0.1) is 4.88 Å². The number of hydrogen-bond acceptors (Lipinski definition) is 4. The fourth-order valence-corrected chi connectivity index (χ4v) is 4.11. The lowest BCUT2D eigenvalue weighted by atomic mass is 10.1. The number of piperazine rings is 1. The summed E-state index contributed by atoms with van der Waals surface area (Å²) in [5, 5.41) is 5.26. The summed E-state index contributed by atoms with van der Waals surface area (Å²) in [6.07, 6.45) is 0. The van der Waals surface area contributed by atoms with Crippen molar-refractivity contribution in [2.45, 2.75) is 0 Å². The maximum absolute atomic E-state index is 12.8. The van der Waals surface area contributed by atoms with Gasteiger partial charge in [-0.1, -0.05) is 17.7 Å². The molecular formula is C23H20ClN3O3S. The van der Waals surface area contributed by atoms with Crippen LogP contribution in [0.5, 0.6) is 0 Å². The minimum Gasteiger partial charge on any atom is -0.335 e. The zero-order valence-electron chi connectivity index (χ0n) is 16.6. The highest BCUT2D eigenvalue weighted by molar-refractivity contribution is 7.12. The third-order valence-corrected chi connectivity index (χ3v) is 6.20. The SMILES string of the molecule is O=C(Nc1ccc(C(=O)N2CCN(C(=O)c3ccc(Cl)cc3)CC2)cc1)c1cccs1. The van der Waals surface area contributed by atoms with Gasteiger partial charge in [-0.2, -0.15) is 0 Å². The van der Waals surface area contributed by atoms with Gasteiger partial charge >= 0.3 is 0 Å². The van der Waals surface area contributed by atoms with Gasteiger partial charge < -0.3 is 15.1 Å². The Labute approximate surface area is 189 Å². The molecule has 1 aromatic heterocycles. The summed E-state index contributed by atoms with van der Waals surface area (Å²) in [6, 6.07) is 17.2. The van der Waals surface area contributed by atoms with E-state index in [4.69, 9.17) is 11.6 Å². The minimum absolute atomic E-state index is 0.0606. The quantitative estimate of drug-likeness (QED) is 0.642. The van der Waals surface area contributed by atoms with E-state index in [1.54, 1.807) is 64.4 Å². The Hall–Kier alpha value is -3.16. The number of amides is 3. The van der Waals surface area contributed by atoms with Crippen LogP contribution >= 0.6 is 22.9 Å². The smallest absolute Gasteiger partial charge is 0.265 e. The maximum Gasteiger partial charge on any atom is 0.265 e. The molecule has 2 heterocycles. The highest BCUT2D eigenvalue weighted by atomic mass is 35.5. The lowest BCUT2D eigenvalue weighted by Crippen LogP contribution is -2.50. The summed E-state index contributed by atoms with van der Waals surface area (Å²) in [4.78, 5) is 41.7. The predicted molar refractivity (Wildman–Crippen MR) is 122 cm³/mol. The van der Waals surface area contributed by atoms with Crippen molar-refractivity contribution >= 4 is 46.3 Å². The molecule has 6 nitrogen and oxygen atoms in total. The van der Waals surface area contributed by atoms with Crippen LogP contribution in [0.25, 0.3) is 0 Å². The van der Waals surface area contributed by atoms with Gasteiger partial charge in [-0.15, -0.1) is 11.3 Å². The molecule has 0 atom stereocenters. The van der Waals surface area contributed by atoms with E-state index in [1.165, 1.54) is 11.3 Å². The highest BCUT2D eigenvalue weighted by Gasteiger charge is 2.25. The number of nitrogens with zero attached hydrogens (tertiary/aromatic N) is 2. The molecule has 0 unspecified atom stereocenters. The molecule has 2 aromatic carbocycles. The van der Waals surface area contributed by atoms with Crippen molar-refractivity contribution in [3.63, 3.8) is 0 Å². The fraction of sp³-hybridized carbons (Fsp3) is 0.174. The van der Waals surface area contributed by atoms with Crippen molar-refractivity contribution in [1.29, 1.82) is 0 Å². The lowest BCUT2D eigenvalue weighted by molar-refractivity contribution is 0.0535. The Balaban J connectivity index is 1.32. The fourth-order valence-electron chi connectivity index (χ4n) is 3.37. The van der Waals surface area contributed by atoms with Gasteiger partial charge in [0.15, 0.2) is 0 Å². The molecule has 0 aliphatic carbocycles. The van der Waals surface area contributed by atoms with Gasteiger partial charge in [0.1, 0.15) is 0 Å². The van der Waals surface area contributed by atoms with E-state index < -0.39 is 0 Å². The lowest BCUT2D eigenvalue weighted by Gasteiger charge is -2.35.